The molecule has 0 atom stereocenters. The van der Waals surface area contributed by atoms with Gasteiger partial charge >= 0.3 is 0 Å². The van der Waals surface area contributed by atoms with E-state index in [-0.39, 0.29) is 0 Å². The average Bonchev–Trinajstić information content (AvgIpc) is 2.61. The van der Waals surface area contributed by atoms with Crippen molar-refractivity contribution in [3.63, 3.8) is 0 Å². The number of aryl methyl sites for hydroxylation is 2. The molecular formula is C10H14N4. The first-order valence-electron chi connectivity index (χ1n) is 4.80. The van der Waals surface area contributed by atoms with Crippen LogP contribution in [0.25, 0.3) is 5.65 Å². The maximum Gasteiger partial charge on any atom is 0.155 e. The second-order valence-electron chi connectivity index (χ2n) is 3.35. The molecule has 2 rings (SSSR count). The van der Waals surface area contributed by atoms with E-state index in [1.807, 2.05) is 23.6 Å². The van der Waals surface area contributed by atoms with Gasteiger partial charge in [-0.3, -0.25) is 0 Å². The van der Waals surface area contributed by atoms with Crippen LogP contribution in [0.2, 0.25) is 0 Å². The molecule has 2 aromatic rings. The molecular weight excluding hydrogens is 176 g/mol. The fourth-order valence-electron chi connectivity index (χ4n) is 1.52. The third-order valence-electron chi connectivity index (χ3n) is 2.28. The SMILES string of the molecule is CCc1cc2nc(CN)cc(C)n2n1. The Bertz CT molecular complexity index is 458. The Morgan fingerprint density at radius 1 is 1.36 bits per heavy atom. The van der Waals surface area contributed by atoms with E-state index in [4.69, 9.17) is 5.73 Å². The summed E-state index contributed by atoms with van der Waals surface area (Å²) in [6.07, 6.45) is 0.931. The van der Waals surface area contributed by atoms with Gasteiger partial charge in [-0.05, 0) is 19.4 Å². The first kappa shape index (κ1) is 9.15. The van der Waals surface area contributed by atoms with Crippen LogP contribution in [-0.4, -0.2) is 14.6 Å². The zero-order valence-electron chi connectivity index (χ0n) is 8.49. The number of fused-ring (bicyclic) bond motifs is 1. The molecule has 0 aliphatic heterocycles. The van der Waals surface area contributed by atoms with Gasteiger partial charge in [-0.15, -0.1) is 0 Å². The summed E-state index contributed by atoms with van der Waals surface area (Å²) in [5, 5.41) is 4.42. The Morgan fingerprint density at radius 3 is 2.79 bits per heavy atom. The Hall–Kier alpha value is -1.42. The average molecular weight is 190 g/mol. The molecule has 2 aromatic heterocycles. The lowest BCUT2D eigenvalue weighted by Crippen LogP contribution is -2.04. The number of nitrogens with two attached hydrogens (primary N) is 1. The summed E-state index contributed by atoms with van der Waals surface area (Å²) in [6.45, 7) is 4.57. The lowest BCUT2D eigenvalue weighted by molar-refractivity contribution is 0.839. The molecule has 0 fully saturated rings. The van der Waals surface area contributed by atoms with Gasteiger partial charge in [0.2, 0.25) is 0 Å². The molecule has 0 unspecified atom stereocenters. The van der Waals surface area contributed by atoms with Gasteiger partial charge in [-0.2, -0.15) is 5.10 Å². The summed E-state index contributed by atoms with van der Waals surface area (Å²) in [7, 11) is 0. The predicted molar refractivity (Wildman–Crippen MR) is 55.0 cm³/mol. The fourth-order valence-corrected chi connectivity index (χ4v) is 1.52. The van der Waals surface area contributed by atoms with Gasteiger partial charge in [0.05, 0.1) is 11.4 Å². The molecule has 0 amide bonds. The van der Waals surface area contributed by atoms with Gasteiger partial charge in [-0.1, -0.05) is 6.92 Å². The van der Waals surface area contributed by atoms with Crippen molar-refractivity contribution in [2.24, 2.45) is 5.73 Å². The molecule has 4 heteroatoms. The minimum Gasteiger partial charge on any atom is -0.325 e. The standard InChI is InChI=1S/C10H14N4/c1-3-8-5-10-12-9(6-11)4-7(2)14(10)13-8/h4-5H,3,6,11H2,1-2H3. The van der Waals surface area contributed by atoms with E-state index in [0.717, 1.165) is 29.1 Å². The van der Waals surface area contributed by atoms with Crippen LogP contribution in [-0.2, 0) is 13.0 Å². The van der Waals surface area contributed by atoms with Gasteiger partial charge in [0.15, 0.2) is 5.65 Å². The number of nitrogens with zero attached hydrogens (tertiary/aromatic N) is 3. The highest BCUT2D eigenvalue weighted by molar-refractivity contribution is 5.41. The Labute approximate surface area is 82.8 Å². The molecule has 0 spiro atoms. The third-order valence-corrected chi connectivity index (χ3v) is 2.28. The van der Waals surface area contributed by atoms with Gasteiger partial charge < -0.3 is 5.73 Å². The molecule has 0 aliphatic carbocycles. The van der Waals surface area contributed by atoms with Crippen molar-refractivity contribution < 1.29 is 0 Å². The van der Waals surface area contributed by atoms with Crippen LogP contribution in [0, 0.1) is 6.92 Å². The van der Waals surface area contributed by atoms with E-state index in [2.05, 4.69) is 17.0 Å². The number of aromatic nitrogens is 3. The van der Waals surface area contributed by atoms with Crippen molar-refractivity contribution in [3.05, 3.63) is 29.2 Å². The van der Waals surface area contributed by atoms with Gasteiger partial charge in [0.1, 0.15) is 0 Å². The van der Waals surface area contributed by atoms with E-state index in [1.54, 1.807) is 0 Å². The zero-order valence-corrected chi connectivity index (χ0v) is 8.49. The minimum atomic E-state index is 0.476. The zero-order chi connectivity index (χ0) is 10.1. The summed E-state index contributed by atoms with van der Waals surface area (Å²) in [4.78, 5) is 4.40. The van der Waals surface area contributed by atoms with Gasteiger partial charge in [0, 0.05) is 18.3 Å². The topological polar surface area (TPSA) is 56.2 Å². The molecule has 2 heterocycles. The summed E-state index contributed by atoms with van der Waals surface area (Å²) >= 11 is 0. The highest BCUT2D eigenvalue weighted by Crippen LogP contribution is 2.09. The van der Waals surface area contributed by atoms with E-state index in [9.17, 15) is 0 Å². The van der Waals surface area contributed by atoms with Crippen molar-refractivity contribution in [1.29, 1.82) is 0 Å². The monoisotopic (exact) mass is 190 g/mol. The highest BCUT2D eigenvalue weighted by atomic mass is 15.3. The van der Waals surface area contributed by atoms with Crippen molar-refractivity contribution in [2.45, 2.75) is 26.8 Å². The normalized spacial score (nSPS) is 11.1. The van der Waals surface area contributed by atoms with Crippen LogP contribution in [0.15, 0.2) is 12.1 Å². The molecule has 2 N–H and O–H groups in total. The summed E-state index contributed by atoms with van der Waals surface area (Å²) in [5.74, 6) is 0. The van der Waals surface area contributed by atoms with E-state index in [0.29, 0.717) is 6.54 Å². The maximum absolute atomic E-state index is 5.56. The van der Waals surface area contributed by atoms with Crippen molar-refractivity contribution in [3.8, 4) is 0 Å². The van der Waals surface area contributed by atoms with Crippen molar-refractivity contribution in [2.75, 3.05) is 0 Å². The van der Waals surface area contributed by atoms with Crippen LogP contribution in [0.3, 0.4) is 0 Å². The number of hydrogen-bond donors (Lipinski definition) is 1. The van der Waals surface area contributed by atoms with E-state index >= 15 is 0 Å². The minimum absolute atomic E-state index is 0.476. The molecule has 0 saturated heterocycles. The second-order valence-corrected chi connectivity index (χ2v) is 3.35. The smallest absolute Gasteiger partial charge is 0.155 e. The number of rotatable bonds is 2. The van der Waals surface area contributed by atoms with E-state index < -0.39 is 0 Å². The molecule has 4 nitrogen and oxygen atoms in total. The molecule has 0 saturated carbocycles. The summed E-state index contributed by atoms with van der Waals surface area (Å²) in [5.41, 5.74) is 9.51. The lowest BCUT2D eigenvalue weighted by atomic mass is 10.3. The van der Waals surface area contributed by atoms with Crippen LogP contribution < -0.4 is 5.73 Å². The third kappa shape index (κ3) is 1.37. The second kappa shape index (κ2) is 3.38. The molecule has 0 bridgehead atoms. The van der Waals surface area contributed by atoms with Crippen molar-refractivity contribution in [1.82, 2.24) is 14.6 Å². The van der Waals surface area contributed by atoms with Gasteiger partial charge in [-0.25, -0.2) is 9.50 Å². The quantitative estimate of drug-likeness (QED) is 0.770. The van der Waals surface area contributed by atoms with Crippen molar-refractivity contribution >= 4 is 5.65 Å². The Kier molecular flexibility index (Phi) is 2.21. The first-order valence-corrected chi connectivity index (χ1v) is 4.80. The van der Waals surface area contributed by atoms with Crippen LogP contribution >= 0.6 is 0 Å². The highest BCUT2D eigenvalue weighted by Gasteiger charge is 2.04. The molecule has 0 radical (unpaired) electrons. The largest absolute Gasteiger partial charge is 0.325 e. The summed E-state index contributed by atoms with van der Waals surface area (Å²) < 4.78 is 1.86. The predicted octanol–water partition coefficient (Wildman–Crippen LogP) is 1.06. The molecule has 14 heavy (non-hydrogen) atoms. The maximum atomic E-state index is 5.56. The number of hydrogen-bond acceptors (Lipinski definition) is 3. The molecule has 74 valence electrons. The van der Waals surface area contributed by atoms with Crippen LogP contribution in [0.5, 0.6) is 0 Å². The van der Waals surface area contributed by atoms with Crippen LogP contribution in [0.4, 0.5) is 0 Å². The fraction of sp³-hybridized carbons (Fsp3) is 0.400. The molecule has 0 aliphatic rings. The lowest BCUT2D eigenvalue weighted by Gasteiger charge is -2.01. The van der Waals surface area contributed by atoms with Gasteiger partial charge in [0.25, 0.3) is 0 Å². The Balaban J connectivity index is 2.67. The van der Waals surface area contributed by atoms with E-state index in [1.165, 1.54) is 0 Å². The van der Waals surface area contributed by atoms with Crippen LogP contribution in [0.1, 0.15) is 24.0 Å². The Morgan fingerprint density at radius 2 is 2.14 bits per heavy atom. The first-order chi connectivity index (χ1) is 6.74. The summed E-state index contributed by atoms with van der Waals surface area (Å²) in [6, 6.07) is 3.98. The molecule has 0 aromatic carbocycles.